The van der Waals surface area contributed by atoms with Gasteiger partial charge in [-0.1, -0.05) is 12.1 Å². The molecular formula is C19H28N2O5. The second-order valence-electron chi connectivity index (χ2n) is 6.70. The highest BCUT2D eigenvalue weighted by Crippen LogP contribution is 2.07. The Bertz CT molecular complexity index is 605. The number of nitrogens with one attached hydrogen (secondary N) is 2. The molecule has 1 amide bonds. The predicted octanol–water partition coefficient (Wildman–Crippen LogP) is 1.80. The van der Waals surface area contributed by atoms with Crippen molar-refractivity contribution in [3.63, 3.8) is 0 Å². The molecule has 1 aromatic carbocycles. The van der Waals surface area contributed by atoms with Crippen LogP contribution in [0.3, 0.4) is 0 Å². The van der Waals surface area contributed by atoms with E-state index in [0.29, 0.717) is 31.7 Å². The molecule has 0 aliphatic carbocycles. The summed E-state index contributed by atoms with van der Waals surface area (Å²) in [6.07, 6.45) is 0.318. The van der Waals surface area contributed by atoms with E-state index in [2.05, 4.69) is 10.6 Å². The van der Waals surface area contributed by atoms with E-state index in [1.54, 1.807) is 39.8 Å². The van der Waals surface area contributed by atoms with E-state index >= 15 is 0 Å². The van der Waals surface area contributed by atoms with Crippen LogP contribution in [0.25, 0.3) is 0 Å². The van der Waals surface area contributed by atoms with E-state index in [9.17, 15) is 14.4 Å². The Morgan fingerprint density at radius 3 is 2.27 bits per heavy atom. The second-order valence-corrected chi connectivity index (χ2v) is 6.70. The summed E-state index contributed by atoms with van der Waals surface area (Å²) in [5.74, 6) is -1.04. The third-order valence-corrected chi connectivity index (χ3v) is 3.17. The summed E-state index contributed by atoms with van der Waals surface area (Å²) in [6, 6.07) is 7.01. The molecule has 144 valence electrons. The van der Waals surface area contributed by atoms with Gasteiger partial charge in [0, 0.05) is 18.7 Å². The van der Waals surface area contributed by atoms with Crippen LogP contribution in [0.1, 0.15) is 50.0 Å². The smallest absolute Gasteiger partial charge is 0.325 e. The van der Waals surface area contributed by atoms with E-state index < -0.39 is 11.6 Å². The Kier molecular flexibility index (Phi) is 8.78. The molecule has 7 heteroatoms. The maximum Gasteiger partial charge on any atom is 0.325 e. The van der Waals surface area contributed by atoms with Gasteiger partial charge in [0.25, 0.3) is 5.91 Å². The van der Waals surface area contributed by atoms with Crippen LogP contribution >= 0.6 is 0 Å². The van der Waals surface area contributed by atoms with Gasteiger partial charge in [-0.2, -0.15) is 0 Å². The van der Waals surface area contributed by atoms with E-state index in [1.807, 2.05) is 12.1 Å². The molecule has 26 heavy (non-hydrogen) atoms. The molecule has 0 saturated carbocycles. The normalized spacial score (nSPS) is 10.9. The van der Waals surface area contributed by atoms with E-state index in [1.165, 1.54) is 0 Å². The summed E-state index contributed by atoms with van der Waals surface area (Å²) in [6.45, 7) is 8.40. The van der Waals surface area contributed by atoms with E-state index in [-0.39, 0.29) is 18.4 Å². The van der Waals surface area contributed by atoms with Gasteiger partial charge in [-0.15, -0.1) is 0 Å². The third kappa shape index (κ3) is 9.17. The Labute approximate surface area is 154 Å². The fourth-order valence-electron chi connectivity index (χ4n) is 2.06. The SMILES string of the molecule is CCOC(=O)CCNCc1ccc(C(=O)NCC(=O)OC(C)(C)C)cc1. The highest BCUT2D eigenvalue weighted by atomic mass is 16.6. The summed E-state index contributed by atoms with van der Waals surface area (Å²) < 4.78 is 9.98. The number of hydrogen-bond acceptors (Lipinski definition) is 6. The highest BCUT2D eigenvalue weighted by Gasteiger charge is 2.17. The number of rotatable bonds is 9. The second kappa shape index (κ2) is 10.6. The molecule has 0 aliphatic heterocycles. The van der Waals surface area contributed by atoms with Gasteiger partial charge < -0.3 is 20.1 Å². The minimum atomic E-state index is -0.580. The number of amides is 1. The lowest BCUT2D eigenvalue weighted by Crippen LogP contribution is -2.34. The Morgan fingerprint density at radius 1 is 1.04 bits per heavy atom. The molecule has 0 fully saturated rings. The molecule has 0 spiro atoms. The molecule has 0 heterocycles. The topological polar surface area (TPSA) is 93.7 Å². The molecule has 0 radical (unpaired) electrons. The van der Waals surface area contributed by atoms with Crippen molar-refractivity contribution in [3.05, 3.63) is 35.4 Å². The molecule has 0 saturated heterocycles. The van der Waals surface area contributed by atoms with Crippen LogP contribution in [-0.2, 0) is 25.6 Å². The van der Waals surface area contributed by atoms with Crippen molar-refractivity contribution in [1.82, 2.24) is 10.6 Å². The third-order valence-electron chi connectivity index (χ3n) is 3.17. The quantitative estimate of drug-likeness (QED) is 0.513. The molecular weight excluding hydrogens is 336 g/mol. The maximum absolute atomic E-state index is 12.0. The summed E-state index contributed by atoms with van der Waals surface area (Å²) in [5.41, 5.74) is 0.866. The van der Waals surface area contributed by atoms with E-state index in [0.717, 1.165) is 5.56 Å². The maximum atomic E-state index is 12.0. The van der Waals surface area contributed by atoms with Crippen molar-refractivity contribution in [2.24, 2.45) is 0 Å². The average Bonchev–Trinajstić information content (AvgIpc) is 2.56. The largest absolute Gasteiger partial charge is 0.466 e. The van der Waals surface area contributed by atoms with Gasteiger partial charge in [0.15, 0.2) is 0 Å². The fraction of sp³-hybridized carbons (Fsp3) is 0.526. The van der Waals surface area contributed by atoms with Crippen LogP contribution in [0.15, 0.2) is 24.3 Å². The first-order valence-corrected chi connectivity index (χ1v) is 8.66. The molecule has 2 N–H and O–H groups in total. The summed E-state index contributed by atoms with van der Waals surface area (Å²) in [4.78, 5) is 34.9. The number of carbonyl (C=O) groups is 3. The lowest BCUT2D eigenvalue weighted by molar-refractivity contribution is -0.153. The van der Waals surface area contributed by atoms with Crippen molar-refractivity contribution < 1.29 is 23.9 Å². The van der Waals surface area contributed by atoms with E-state index in [4.69, 9.17) is 9.47 Å². The molecule has 7 nitrogen and oxygen atoms in total. The van der Waals surface area contributed by atoms with Crippen molar-refractivity contribution in [2.45, 2.75) is 46.3 Å². The van der Waals surface area contributed by atoms with Crippen molar-refractivity contribution >= 4 is 17.8 Å². The minimum Gasteiger partial charge on any atom is -0.466 e. The molecule has 0 aromatic heterocycles. The van der Waals surface area contributed by atoms with Crippen LogP contribution in [0.4, 0.5) is 0 Å². The van der Waals surface area contributed by atoms with Crippen LogP contribution in [0.2, 0.25) is 0 Å². The molecule has 0 atom stereocenters. The van der Waals surface area contributed by atoms with Crippen molar-refractivity contribution in [3.8, 4) is 0 Å². The van der Waals surface area contributed by atoms with Gasteiger partial charge in [0.05, 0.1) is 13.0 Å². The van der Waals surface area contributed by atoms with Crippen LogP contribution in [-0.4, -0.2) is 43.1 Å². The zero-order chi connectivity index (χ0) is 19.6. The standard InChI is InChI=1S/C19H28N2O5/c1-5-25-16(22)10-11-20-12-14-6-8-15(9-7-14)18(24)21-13-17(23)26-19(2,3)4/h6-9,20H,5,10-13H2,1-4H3,(H,21,24). The number of carbonyl (C=O) groups excluding carboxylic acids is 3. The van der Waals surface area contributed by atoms with Gasteiger partial charge in [-0.25, -0.2) is 0 Å². The molecule has 0 bridgehead atoms. The van der Waals surface area contributed by atoms with Gasteiger partial charge >= 0.3 is 11.9 Å². The van der Waals surface area contributed by atoms with Crippen molar-refractivity contribution in [2.75, 3.05) is 19.7 Å². The molecule has 1 aromatic rings. The lowest BCUT2D eigenvalue weighted by Gasteiger charge is -2.19. The summed E-state index contributed by atoms with van der Waals surface area (Å²) >= 11 is 0. The average molecular weight is 364 g/mol. The van der Waals surface area contributed by atoms with Crippen LogP contribution in [0.5, 0.6) is 0 Å². The van der Waals surface area contributed by atoms with Crippen LogP contribution in [0, 0.1) is 0 Å². The fourth-order valence-corrected chi connectivity index (χ4v) is 2.06. The van der Waals surface area contributed by atoms with Crippen LogP contribution < -0.4 is 10.6 Å². The minimum absolute atomic E-state index is 0.173. The number of ether oxygens (including phenoxy) is 2. The molecule has 0 aliphatic rings. The highest BCUT2D eigenvalue weighted by molar-refractivity contribution is 5.95. The summed E-state index contributed by atoms with van der Waals surface area (Å²) in [7, 11) is 0. The monoisotopic (exact) mass is 364 g/mol. The van der Waals surface area contributed by atoms with Gasteiger partial charge in [-0.3, -0.25) is 14.4 Å². The number of esters is 2. The molecule has 0 unspecified atom stereocenters. The Hall–Kier alpha value is -2.41. The lowest BCUT2D eigenvalue weighted by atomic mass is 10.1. The first kappa shape index (κ1) is 21.6. The molecule has 1 rings (SSSR count). The van der Waals surface area contributed by atoms with Gasteiger partial charge in [-0.05, 0) is 45.4 Å². The number of benzene rings is 1. The first-order chi connectivity index (χ1) is 12.2. The zero-order valence-corrected chi connectivity index (χ0v) is 15.9. The predicted molar refractivity (Wildman–Crippen MR) is 97.6 cm³/mol. The Balaban J connectivity index is 2.36. The first-order valence-electron chi connectivity index (χ1n) is 8.66. The zero-order valence-electron chi connectivity index (χ0n) is 15.9. The Morgan fingerprint density at radius 2 is 1.69 bits per heavy atom. The van der Waals surface area contributed by atoms with Crippen molar-refractivity contribution in [1.29, 1.82) is 0 Å². The van der Waals surface area contributed by atoms with Gasteiger partial charge in [0.2, 0.25) is 0 Å². The summed E-state index contributed by atoms with van der Waals surface area (Å²) in [5, 5.41) is 5.68. The van der Waals surface area contributed by atoms with Gasteiger partial charge in [0.1, 0.15) is 12.1 Å². The number of hydrogen-bond donors (Lipinski definition) is 2.